The molecule has 2 aliphatic rings. The van der Waals surface area contributed by atoms with E-state index in [9.17, 15) is 9.59 Å². The first-order valence-electron chi connectivity index (χ1n) is 11.4. The standard InChI is InChI=1S/C24H32N4O3/c1-17-9-7-11-19(22(17)31-2)23(29)28-14-8-10-18(16-28)21-20(15-25-26-21)24(30)27-12-5-3-4-6-13-27/h7,9,11,15,18H,3-6,8,10,12-14,16H2,1-2H3,(H,25,26)/t18-/m1/s1. The monoisotopic (exact) mass is 424 g/mol. The zero-order valence-electron chi connectivity index (χ0n) is 18.5. The van der Waals surface area contributed by atoms with Gasteiger partial charge in [0.25, 0.3) is 11.8 Å². The van der Waals surface area contributed by atoms with E-state index in [2.05, 4.69) is 10.2 Å². The summed E-state index contributed by atoms with van der Waals surface area (Å²) in [5.41, 5.74) is 3.06. The number of para-hydroxylation sites is 1. The number of carbonyl (C=O) groups excluding carboxylic acids is 2. The van der Waals surface area contributed by atoms with Crippen LogP contribution >= 0.6 is 0 Å². The largest absolute Gasteiger partial charge is 0.496 e. The van der Waals surface area contributed by atoms with E-state index in [1.807, 2.05) is 34.9 Å². The van der Waals surface area contributed by atoms with Crippen LogP contribution in [-0.2, 0) is 0 Å². The van der Waals surface area contributed by atoms with Crippen LogP contribution in [0.1, 0.15) is 76.4 Å². The van der Waals surface area contributed by atoms with Crippen LogP contribution in [0.4, 0.5) is 0 Å². The fourth-order valence-electron chi connectivity index (χ4n) is 4.88. The highest BCUT2D eigenvalue weighted by atomic mass is 16.5. The van der Waals surface area contributed by atoms with Crippen LogP contribution in [0.3, 0.4) is 0 Å². The molecule has 4 rings (SSSR count). The van der Waals surface area contributed by atoms with E-state index in [0.29, 0.717) is 30.0 Å². The van der Waals surface area contributed by atoms with Crippen LogP contribution in [-0.4, -0.2) is 65.1 Å². The lowest BCUT2D eigenvalue weighted by molar-refractivity contribution is 0.0701. The number of hydrogen-bond donors (Lipinski definition) is 1. The molecule has 0 unspecified atom stereocenters. The van der Waals surface area contributed by atoms with Gasteiger partial charge >= 0.3 is 0 Å². The lowest BCUT2D eigenvalue weighted by Crippen LogP contribution is -2.40. The predicted molar refractivity (Wildman–Crippen MR) is 119 cm³/mol. The Balaban J connectivity index is 1.52. The number of aryl methyl sites for hydroxylation is 1. The number of nitrogens with one attached hydrogen (secondary N) is 1. The average molecular weight is 425 g/mol. The van der Waals surface area contributed by atoms with E-state index >= 15 is 0 Å². The van der Waals surface area contributed by atoms with Crippen molar-refractivity contribution in [2.75, 3.05) is 33.3 Å². The van der Waals surface area contributed by atoms with E-state index in [-0.39, 0.29) is 17.7 Å². The van der Waals surface area contributed by atoms with Gasteiger partial charge in [-0.15, -0.1) is 0 Å². The third-order valence-corrected chi connectivity index (χ3v) is 6.56. The van der Waals surface area contributed by atoms with Gasteiger partial charge in [0.15, 0.2) is 0 Å². The number of methoxy groups -OCH3 is 1. The Kier molecular flexibility index (Phi) is 6.59. The van der Waals surface area contributed by atoms with Gasteiger partial charge in [0.05, 0.1) is 30.1 Å². The van der Waals surface area contributed by atoms with E-state index in [0.717, 1.165) is 50.0 Å². The first kappa shape index (κ1) is 21.4. The van der Waals surface area contributed by atoms with Crippen LogP contribution in [0, 0.1) is 6.92 Å². The third kappa shape index (κ3) is 4.45. The molecule has 0 radical (unpaired) electrons. The van der Waals surface area contributed by atoms with E-state index < -0.39 is 0 Å². The number of nitrogens with zero attached hydrogens (tertiary/aromatic N) is 3. The highest BCUT2D eigenvalue weighted by molar-refractivity contribution is 5.98. The molecule has 2 saturated heterocycles. The fraction of sp³-hybridized carbons (Fsp3) is 0.542. The molecule has 0 bridgehead atoms. The number of aromatic nitrogens is 2. The maximum Gasteiger partial charge on any atom is 0.257 e. The Morgan fingerprint density at radius 2 is 1.71 bits per heavy atom. The normalized spacial score (nSPS) is 19.7. The number of carbonyl (C=O) groups is 2. The molecule has 2 fully saturated rings. The number of hydrogen-bond acceptors (Lipinski definition) is 4. The van der Waals surface area contributed by atoms with Crippen molar-refractivity contribution in [2.24, 2.45) is 0 Å². The van der Waals surface area contributed by atoms with Crippen LogP contribution in [0.2, 0.25) is 0 Å². The number of aromatic amines is 1. The summed E-state index contributed by atoms with van der Waals surface area (Å²) < 4.78 is 5.50. The van der Waals surface area contributed by atoms with Gasteiger partial charge in [0.1, 0.15) is 5.75 Å². The second-order valence-electron chi connectivity index (χ2n) is 8.65. The molecule has 2 aromatic rings. The molecule has 2 aliphatic heterocycles. The van der Waals surface area contributed by atoms with Crippen molar-refractivity contribution in [1.82, 2.24) is 20.0 Å². The van der Waals surface area contributed by atoms with Gasteiger partial charge < -0.3 is 14.5 Å². The summed E-state index contributed by atoms with van der Waals surface area (Å²) in [4.78, 5) is 30.3. The predicted octanol–water partition coefficient (Wildman–Crippen LogP) is 3.76. The summed E-state index contributed by atoms with van der Waals surface area (Å²) in [7, 11) is 1.60. The molecular formula is C24H32N4O3. The summed E-state index contributed by atoms with van der Waals surface area (Å²) in [6.45, 7) is 4.84. The highest BCUT2D eigenvalue weighted by Gasteiger charge is 2.31. The SMILES string of the molecule is COc1c(C)cccc1C(=O)N1CCC[C@@H](c2[nH]ncc2C(=O)N2CCCCCC2)C1. The molecular weight excluding hydrogens is 392 g/mol. The van der Waals surface area contributed by atoms with Crippen molar-refractivity contribution >= 4 is 11.8 Å². The minimum atomic E-state index is -0.0230. The van der Waals surface area contributed by atoms with Crippen molar-refractivity contribution in [3.8, 4) is 5.75 Å². The molecule has 1 N–H and O–H groups in total. The van der Waals surface area contributed by atoms with Crippen molar-refractivity contribution in [3.05, 3.63) is 46.8 Å². The molecule has 1 aromatic heterocycles. The molecule has 2 amide bonds. The third-order valence-electron chi connectivity index (χ3n) is 6.56. The Hall–Kier alpha value is -2.83. The molecule has 166 valence electrons. The van der Waals surface area contributed by atoms with Gasteiger partial charge in [0.2, 0.25) is 0 Å². The molecule has 1 atom stereocenters. The maximum absolute atomic E-state index is 13.3. The zero-order valence-corrected chi connectivity index (χ0v) is 18.5. The van der Waals surface area contributed by atoms with Crippen molar-refractivity contribution < 1.29 is 14.3 Å². The summed E-state index contributed by atoms with van der Waals surface area (Å²) in [5.74, 6) is 0.745. The van der Waals surface area contributed by atoms with E-state index in [1.54, 1.807) is 13.3 Å². The lowest BCUT2D eigenvalue weighted by atomic mass is 9.91. The van der Waals surface area contributed by atoms with Gasteiger partial charge in [-0.25, -0.2) is 0 Å². The Morgan fingerprint density at radius 1 is 1.00 bits per heavy atom. The number of H-pyrrole nitrogens is 1. The quantitative estimate of drug-likeness (QED) is 0.811. The molecule has 0 spiro atoms. The molecule has 0 aliphatic carbocycles. The minimum Gasteiger partial charge on any atom is -0.496 e. The lowest BCUT2D eigenvalue weighted by Gasteiger charge is -2.33. The second kappa shape index (κ2) is 9.54. The number of rotatable bonds is 4. The first-order chi connectivity index (χ1) is 15.1. The Labute approximate surface area is 183 Å². The first-order valence-corrected chi connectivity index (χ1v) is 11.4. The maximum atomic E-state index is 13.3. The van der Waals surface area contributed by atoms with Crippen LogP contribution in [0.25, 0.3) is 0 Å². The second-order valence-corrected chi connectivity index (χ2v) is 8.65. The Bertz CT molecular complexity index is 931. The summed E-state index contributed by atoms with van der Waals surface area (Å²) in [5, 5.41) is 7.29. The number of piperidine rings is 1. The summed E-state index contributed by atoms with van der Waals surface area (Å²) in [6, 6.07) is 5.65. The summed E-state index contributed by atoms with van der Waals surface area (Å²) in [6.07, 6.45) is 7.96. The van der Waals surface area contributed by atoms with E-state index in [4.69, 9.17) is 4.74 Å². The molecule has 7 nitrogen and oxygen atoms in total. The number of likely N-dealkylation sites (tertiary alicyclic amines) is 2. The smallest absolute Gasteiger partial charge is 0.257 e. The van der Waals surface area contributed by atoms with Gasteiger partial charge in [-0.05, 0) is 44.2 Å². The zero-order chi connectivity index (χ0) is 21.8. The Morgan fingerprint density at radius 3 is 2.45 bits per heavy atom. The van der Waals surface area contributed by atoms with Gasteiger partial charge in [-0.1, -0.05) is 25.0 Å². The average Bonchev–Trinajstić information content (AvgIpc) is 3.13. The topological polar surface area (TPSA) is 78.5 Å². The number of ether oxygens (including phenoxy) is 1. The van der Waals surface area contributed by atoms with Crippen LogP contribution in [0.5, 0.6) is 5.75 Å². The molecule has 3 heterocycles. The van der Waals surface area contributed by atoms with Gasteiger partial charge in [0, 0.05) is 32.1 Å². The molecule has 31 heavy (non-hydrogen) atoms. The van der Waals surface area contributed by atoms with Crippen LogP contribution < -0.4 is 4.74 Å². The van der Waals surface area contributed by atoms with Gasteiger partial charge in [-0.3, -0.25) is 14.7 Å². The van der Waals surface area contributed by atoms with Crippen molar-refractivity contribution in [1.29, 1.82) is 0 Å². The molecule has 1 aromatic carbocycles. The molecule has 0 saturated carbocycles. The van der Waals surface area contributed by atoms with Gasteiger partial charge in [-0.2, -0.15) is 5.10 Å². The minimum absolute atomic E-state index is 0.0230. The molecule has 7 heteroatoms. The highest BCUT2D eigenvalue weighted by Crippen LogP contribution is 2.31. The summed E-state index contributed by atoms with van der Waals surface area (Å²) >= 11 is 0. The van der Waals surface area contributed by atoms with Crippen molar-refractivity contribution in [2.45, 2.75) is 51.4 Å². The van der Waals surface area contributed by atoms with E-state index in [1.165, 1.54) is 12.8 Å². The van der Waals surface area contributed by atoms with Crippen LogP contribution in [0.15, 0.2) is 24.4 Å². The number of benzene rings is 1. The fourth-order valence-corrected chi connectivity index (χ4v) is 4.88. The number of amides is 2. The van der Waals surface area contributed by atoms with Crippen molar-refractivity contribution in [3.63, 3.8) is 0 Å².